The van der Waals surface area contributed by atoms with Crippen LogP contribution in [0, 0.1) is 18.6 Å². The molecule has 2 nitrogen and oxygen atoms in total. The third-order valence-electron chi connectivity index (χ3n) is 2.15. The predicted octanol–water partition coefficient (Wildman–Crippen LogP) is 2.88. The highest BCUT2D eigenvalue weighted by molar-refractivity contribution is 5.27. The van der Waals surface area contributed by atoms with Crippen LogP contribution in [0.3, 0.4) is 0 Å². The highest BCUT2D eigenvalue weighted by Gasteiger charge is 2.13. The Morgan fingerprint density at radius 3 is 2.60 bits per heavy atom. The maximum absolute atomic E-state index is 13.4. The molecule has 0 saturated carbocycles. The van der Waals surface area contributed by atoms with Gasteiger partial charge in [-0.25, -0.2) is 8.78 Å². The molecule has 0 aliphatic carbocycles. The lowest BCUT2D eigenvalue weighted by molar-refractivity contribution is 0.0276. The Morgan fingerprint density at radius 2 is 2.00 bits per heavy atom. The quantitative estimate of drug-likeness (QED) is 0.780. The first kappa shape index (κ1) is 12.1. The molecule has 1 aromatic rings. The molecule has 4 heteroatoms. The van der Waals surface area contributed by atoms with Crippen molar-refractivity contribution in [3.05, 3.63) is 34.9 Å². The van der Waals surface area contributed by atoms with Crippen LogP contribution in [-0.4, -0.2) is 6.61 Å². The van der Waals surface area contributed by atoms with Crippen LogP contribution in [0.15, 0.2) is 12.1 Å². The van der Waals surface area contributed by atoms with Crippen molar-refractivity contribution in [2.45, 2.75) is 26.8 Å². The second kappa shape index (κ2) is 5.19. The average Bonchev–Trinajstić information content (AvgIpc) is 2.20. The van der Waals surface area contributed by atoms with E-state index in [1.165, 1.54) is 19.1 Å². The molecular weight excluding hydrogens is 200 g/mol. The van der Waals surface area contributed by atoms with Gasteiger partial charge in [0.1, 0.15) is 11.6 Å². The number of aryl methyl sites for hydroxylation is 1. The van der Waals surface area contributed by atoms with Gasteiger partial charge in [0.15, 0.2) is 0 Å². The monoisotopic (exact) mass is 215 g/mol. The van der Waals surface area contributed by atoms with E-state index >= 15 is 0 Å². The third kappa shape index (κ3) is 2.97. The molecule has 0 saturated heterocycles. The van der Waals surface area contributed by atoms with Crippen molar-refractivity contribution < 1.29 is 13.6 Å². The zero-order chi connectivity index (χ0) is 11.4. The summed E-state index contributed by atoms with van der Waals surface area (Å²) in [6.07, 6.45) is 0. The fourth-order valence-electron chi connectivity index (χ4n) is 1.27. The fraction of sp³-hybridized carbons (Fsp3) is 0.455. The second-order valence-corrected chi connectivity index (χ2v) is 3.40. The Bertz CT molecular complexity index is 342. The van der Waals surface area contributed by atoms with E-state index < -0.39 is 11.6 Å². The normalized spacial score (nSPS) is 12.9. The number of hydrogen-bond donors (Lipinski definition) is 1. The molecule has 0 radical (unpaired) electrons. The molecule has 15 heavy (non-hydrogen) atoms. The van der Waals surface area contributed by atoms with Gasteiger partial charge in [-0.1, -0.05) is 0 Å². The van der Waals surface area contributed by atoms with Gasteiger partial charge in [0.05, 0.1) is 12.6 Å². The van der Waals surface area contributed by atoms with Crippen LogP contribution in [0.1, 0.15) is 31.0 Å². The standard InChI is InChI=1S/C11H15F2NO/c1-4-15-14-8(3)9-6-10(12)7(2)5-11(9)13/h5-6,8,14H,4H2,1-3H3. The van der Waals surface area contributed by atoms with Crippen LogP contribution >= 0.6 is 0 Å². The van der Waals surface area contributed by atoms with Crippen molar-refractivity contribution in [1.29, 1.82) is 0 Å². The minimum atomic E-state index is -0.423. The molecule has 0 spiro atoms. The molecule has 1 rings (SSSR count). The van der Waals surface area contributed by atoms with Crippen LogP contribution in [0.2, 0.25) is 0 Å². The van der Waals surface area contributed by atoms with E-state index in [0.717, 1.165) is 0 Å². The summed E-state index contributed by atoms with van der Waals surface area (Å²) in [5, 5.41) is 0. The molecule has 0 heterocycles. The average molecular weight is 215 g/mol. The summed E-state index contributed by atoms with van der Waals surface area (Å²) in [5.74, 6) is -0.829. The van der Waals surface area contributed by atoms with Gasteiger partial charge in [-0.05, 0) is 38.5 Å². The first-order valence-corrected chi connectivity index (χ1v) is 4.89. The molecule has 0 aliphatic rings. The molecule has 0 amide bonds. The van der Waals surface area contributed by atoms with Crippen molar-refractivity contribution in [2.75, 3.05) is 6.61 Å². The smallest absolute Gasteiger partial charge is 0.128 e. The molecule has 1 N–H and O–H groups in total. The Morgan fingerprint density at radius 1 is 1.33 bits per heavy atom. The van der Waals surface area contributed by atoms with Gasteiger partial charge in [0.25, 0.3) is 0 Å². The zero-order valence-corrected chi connectivity index (χ0v) is 9.10. The summed E-state index contributed by atoms with van der Waals surface area (Å²) in [7, 11) is 0. The van der Waals surface area contributed by atoms with Crippen molar-refractivity contribution in [3.63, 3.8) is 0 Å². The lowest BCUT2D eigenvalue weighted by Crippen LogP contribution is -2.20. The van der Waals surface area contributed by atoms with Crippen molar-refractivity contribution in [2.24, 2.45) is 0 Å². The van der Waals surface area contributed by atoms with Gasteiger partial charge in [-0.2, -0.15) is 5.48 Å². The van der Waals surface area contributed by atoms with Crippen LogP contribution in [0.25, 0.3) is 0 Å². The van der Waals surface area contributed by atoms with E-state index in [1.54, 1.807) is 6.92 Å². The van der Waals surface area contributed by atoms with Crippen molar-refractivity contribution in [3.8, 4) is 0 Å². The highest BCUT2D eigenvalue weighted by atomic mass is 19.1. The van der Waals surface area contributed by atoms with E-state index in [9.17, 15) is 8.78 Å². The van der Waals surface area contributed by atoms with Gasteiger partial charge >= 0.3 is 0 Å². The van der Waals surface area contributed by atoms with E-state index in [0.29, 0.717) is 12.2 Å². The number of hydrogen-bond acceptors (Lipinski definition) is 2. The van der Waals surface area contributed by atoms with Crippen LogP contribution in [0.5, 0.6) is 0 Å². The molecule has 0 fully saturated rings. The Hall–Kier alpha value is -1.00. The summed E-state index contributed by atoms with van der Waals surface area (Å²) in [5.41, 5.74) is 3.20. The second-order valence-electron chi connectivity index (χ2n) is 3.40. The Labute approximate surface area is 88.2 Å². The molecule has 0 aliphatic heterocycles. The van der Waals surface area contributed by atoms with Gasteiger partial charge in [0, 0.05) is 5.56 Å². The number of halogens is 2. The molecule has 0 bridgehead atoms. The number of rotatable bonds is 4. The number of nitrogens with one attached hydrogen (secondary N) is 1. The minimum absolute atomic E-state index is 0.270. The first-order valence-electron chi connectivity index (χ1n) is 4.89. The Kier molecular flexibility index (Phi) is 4.17. The topological polar surface area (TPSA) is 21.3 Å². The largest absolute Gasteiger partial charge is 0.302 e. The maximum atomic E-state index is 13.4. The number of hydroxylamine groups is 1. The summed E-state index contributed by atoms with van der Waals surface area (Å²) in [6, 6.07) is 2.01. The van der Waals surface area contributed by atoms with E-state index in [1.807, 2.05) is 6.92 Å². The van der Waals surface area contributed by atoms with Crippen molar-refractivity contribution >= 4 is 0 Å². The zero-order valence-electron chi connectivity index (χ0n) is 9.10. The van der Waals surface area contributed by atoms with E-state index in [2.05, 4.69) is 5.48 Å². The van der Waals surface area contributed by atoms with E-state index in [4.69, 9.17) is 4.84 Å². The number of benzene rings is 1. The van der Waals surface area contributed by atoms with Gasteiger partial charge in [0.2, 0.25) is 0 Å². The predicted molar refractivity (Wildman–Crippen MR) is 54.3 cm³/mol. The van der Waals surface area contributed by atoms with Gasteiger partial charge in [-0.3, -0.25) is 0 Å². The molecular formula is C11H15F2NO. The van der Waals surface area contributed by atoms with Gasteiger partial charge in [-0.15, -0.1) is 0 Å². The first-order chi connectivity index (χ1) is 7.06. The minimum Gasteiger partial charge on any atom is -0.302 e. The summed E-state index contributed by atoms with van der Waals surface area (Å²) < 4.78 is 26.7. The summed E-state index contributed by atoms with van der Waals surface area (Å²) in [4.78, 5) is 4.94. The molecule has 84 valence electrons. The fourth-order valence-corrected chi connectivity index (χ4v) is 1.27. The van der Waals surface area contributed by atoms with Crippen LogP contribution in [0.4, 0.5) is 8.78 Å². The Balaban J connectivity index is 2.88. The summed E-state index contributed by atoms with van der Waals surface area (Å²) in [6.45, 7) is 5.53. The summed E-state index contributed by atoms with van der Waals surface area (Å²) >= 11 is 0. The molecule has 1 aromatic carbocycles. The molecule has 0 aromatic heterocycles. The third-order valence-corrected chi connectivity index (χ3v) is 2.15. The van der Waals surface area contributed by atoms with E-state index in [-0.39, 0.29) is 11.6 Å². The molecule has 1 atom stereocenters. The lowest BCUT2D eigenvalue weighted by atomic mass is 10.1. The highest BCUT2D eigenvalue weighted by Crippen LogP contribution is 2.20. The maximum Gasteiger partial charge on any atom is 0.128 e. The molecule has 1 unspecified atom stereocenters. The van der Waals surface area contributed by atoms with Crippen molar-refractivity contribution in [1.82, 2.24) is 5.48 Å². The van der Waals surface area contributed by atoms with Crippen LogP contribution in [-0.2, 0) is 4.84 Å². The lowest BCUT2D eigenvalue weighted by Gasteiger charge is -2.14. The van der Waals surface area contributed by atoms with Gasteiger partial charge < -0.3 is 4.84 Å². The SMILES string of the molecule is CCONC(C)c1cc(F)c(C)cc1F. The van der Waals surface area contributed by atoms with Crippen LogP contribution < -0.4 is 5.48 Å².